The molecule has 1 aliphatic rings. The monoisotopic (exact) mass is 273 g/mol. The molecule has 0 saturated carbocycles. The summed E-state index contributed by atoms with van der Waals surface area (Å²) in [5.74, 6) is -1.59. The second-order valence-electron chi connectivity index (χ2n) is 4.50. The van der Waals surface area contributed by atoms with Crippen LogP contribution in [0.25, 0.3) is 0 Å². The molecule has 1 fully saturated rings. The minimum absolute atomic E-state index is 0.0179. The summed E-state index contributed by atoms with van der Waals surface area (Å²) in [6.07, 6.45) is 3.50. The van der Waals surface area contributed by atoms with Gasteiger partial charge < -0.3 is 9.52 Å². The highest BCUT2D eigenvalue weighted by atomic mass is 32.2. The predicted molar refractivity (Wildman–Crippen MR) is 62.4 cm³/mol. The highest BCUT2D eigenvalue weighted by Crippen LogP contribution is 2.28. The second kappa shape index (κ2) is 4.74. The molecule has 2 unspecified atom stereocenters. The summed E-state index contributed by atoms with van der Waals surface area (Å²) in [6, 6.07) is 1.17. The lowest BCUT2D eigenvalue weighted by Crippen LogP contribution is -2.47. The first-order valence-corrected chi connectivity index (χ1v) is 7.14. The molecule has 1 N–H and O–H groups in total. The molecule has 0 aliphatic carbocycles. The van der Waals surface area contributed by atoms with Gasteiger partial charge in [0.2, 0.25) is 10.0 Å². The van der Waals surface area contributed by atoms with E-state index in [0.717, 1.165) is 6.26 Å². The van der Waals surface area contributed by atoms with Gasteiger partial charge in [0.05, 0.1) is 12.2 Å². The number of hydrogen-bond acceptors (Lipinski definition) is 4. The maximum atomic E-state index is 12.3. The molecular formula is C11H15NO5S. The van der Waals surface area contributed by atoms with E-state index in [1.54, 1.807) is 6.92 Å². The van der Waals surface area contributed by atoms with Gasteiger partial charge in [-0.2, -0.15) is 4.31 Å². The number of rotatable bonds is 3. The molecule has 2 rings (SSSR count). The fourth-order valence-electron chi connectivity index (χ4n) is 2.15. The zero-order valence-corrected chi connectivity index (χ0v) is 10.8. The first-order valence-electron chi connectivity index (χ1n) is 5.70. The van der Waals surface area contributed by atoms with Gasteiger partial charge in [-0.3, -0.25) is 4.79 Å². The Kier molecular flexibility index (Phi) is 3.45. The normalized spacial score (nSPS) is 26.1. The Morgan fingerprint density at radius 3 is 2.78 bits per heavy atom. The van der Waals surface area contributed by atoms with E-state index in [4.69, 9.17) is 9.52 Å². The molecule has 0 aromatic carbocycles. The van der Waals surface area contributed by atoms with Gasteiger partial charge in [-0.15, -0.1) is 0 Å². The van der Waals surface area contributed by atoms with Crippen LogP contribution in [0.2, 0.25) is 0 Å². The second-order valence-corrected chi connectivity index (χ2v) is 6.39. The first-order chi connectivity index (χ1) is 8.43. The number of carboxylic acids is 1. The lowest BCUT2D eigenvalue weighted by Gasteiger charge is -2.34. The van der Waals surface area contributed by atoms with Crippen molar-refractivity contribution in [3.63, 3.8) is 0 Å². The number of carbonyl (C=O) groups is 1. The molecule has 0 spiro atoms. The van der Waals surface area contributed by atoms with Crippen LogP contribution in [0.4, 0.5) is 0 Å². The van der Waals surface area contributed by atoms with Crippen LogP contribution in [-0.4, -0.2) is 36.4 Å². The van der Waals surface area contributed by atoms with Gasteiger partial charge in [0.25, 0.3) is 0 Å². The Hall–Kier alpha value is -1.34. The Labute approximate surface area is 105 Å². The van der Waals surface area contributed by atoms with E-state index < -0.39 is 21.9 Å². The summed E-state index contributed by atoms with van der Waals surface area (Å²) in [5, 5.41) is 9.00. The Morgan fingerprint density at radius 1 is 1.50 bits per heavy atom. The van der Waals surface area contributed by atoms with E-state index in [1.165, 1.54) is 16.6 Å². The van der Waals surface area contributed by atoms with Gasteiger partial charge in [0.1, 0.15) is 11.2 Å². The molecule has 18 heavy (non-hydrogen) atoms. The van der Waals surface area contributed by atoms with E-state index in [-0.39, 0.29) is 17.5 Å². The molecule has 1 saturated heterocycles. The molecule has 100 valence electrons. The third-order valence-corrected chi connectivity index (χ3v) is 5.23. The van der Waals surface area contributed by atoms with Crippen molar-refractivity contribution >= 4 is 16.0 Å². The summed E-state index contributed by atoms with van der Waals surface area (Å²) in [5.41, 5.74) is 0. The van der Waals surface area contributed by atoms with Gasteiger partial charge in [0, 0.05) is 12.6 Å². The Balaban J connectivity index is 2.28. The van der Waals surface area contributed by atoms with Crippen molar-refractivity contribution in [2.24, 2.45) is 5.92 Å². The van der Waals surface area contributed by atoms with Crippen LogP contribution in [-0.2, 0) is 14.8 Å². The standard InChI is InChI=1S/C11H15NO5S/c1-8-2-3-9(11(13)14)6-12(8)18(15,16)10-4-5-17-7-10/h4-5,7-9H,2-3,6H2,1H3,(H,13,14). The lowest BCUT2D eigenvalue weighted by molar-refractivity contribution is -0.143. The molecule has 2 atom stereocenters. The van der Waals surface area contributed by atoms with Crippen LogP contribution >= 0.6 is 0 Å². The molecular weight excluding hydrogens is 258 g/mol. The zero-order valence-electron chi connectivity index (χ0n) is 9.94. The van der Waals surface area contributed by atoms with Crippen molar-refractivity contribution in [1.29, 1.82) is 0 Å². The van der Waals surface area contributed by atoms with Crippen molar-refractivity contribution in [2.45, 2.75) is 30.7 Å². The van der Waals surface area contributed by atoms with Crippen LogP contribution in [0.1, 0.15) is 19.8 Å². The highest BCUT2D eigenvalue weighted by Gasteiger charge is 2.37. The fraction of sp³-hybridized carbons (Fsp3) is 0.545. The van der Waals surface area contributed by atoms with Crippen molar-refractivity contribution in [1.82, 2.24) is 4.31 Å². The number of carboxylic acid groups (broad SMARTS) is 1. The number of aliphatic carboxylic acids is 1. The molecule has 1 aliphatic heterocycles. The molecule has 6 nitrogen and oxygen atoms in total. The summed E-state index contributed by atoms with van der Waals surface area (Å²) in [7, 11) is -3.66. The quantitative estimate of drug-likeness (QED) is 0.892. The van der Waals surface area contributed by atoms with Crippen molar-refractivity contribution in [3.05, 3.63) is 18.6 Å². The van der Waals surface area contributed by atoms with Gasteiger partial charge in [-0.05, 0) is 25.8 Å². The van der Waals surface area contributed by atoms with Crippen molar-refractivity contribution < 1.29 is 22.7 Å². The van der Waals surface area contributed by atoms with Gasteiger partial charge in [-0.1, -0.05) is 0 Å². The van der Waals surface area contributed by atoms with E-state index >= 15 is 0 Å². The van der Waals surface area contributed by atoms with Crippen LogP contribution in [0.3, 0.4) is 0 Å². The fourth-order valence-corrected chi connectivity index (χ4v) is 3.78. The van der Waals surface area contributed by atoms with Crippen LogP contribution in [0, 0.1) is 5.92 Å². The summed E-state index contributed by atoms with van der Waals surface area (Å²) >= 11 is 0. The average Bonchev–Trinajstić information content (AvgIpc) is 2.82. The highest BCUT2D eigenvalue weighted by molar-refractivity contribution is 7.89. The summed E-state index contributed by atoms with van der Waals surface area (Å²) < 4.78 is 30.6. The maximum absolute atomic E-state index is 12.3. The van der Waals surface area contributed by atoms with E-state index in [2.05, 4.69) is 0 Å². The number of piperidine rings is 1. The van der Waals surface area contributed by atoms with Gasteiger partial charge >= 0.3 is 5.97 Å². The number of hydrogen-bond donors (Lipinski definition) is 1. The minimum Gasteiger partial charge on any atom is -0.481 e. The lowest BCUT2D eigenvalue weighted by atomic mass is 9.96. The molecule has 0 radical (unpaired) electrons. The summed E-state index contributed by atoms with van der Waals surface area (Å²) in [4.78, 5) is 11.0. The van der Waals surface area contributed by atoms with Crippen molar-refractivity contribution in [3.8, 4) is 0 Å². The molecule has 0 amide bonds. The van der Waals surface area contributed by atoms with Gasteiger partial charge in [-0.25, -0.2) is 8.42 Å². The predicted octanol–water partition coefficient (Wildman–Crippen LogP) is 1.15. The summed E-state index contributed by atoms with van der Waals surface area (Å²) in [6.45, 7) is 1.81. The Morgan fingerprint density at radius 2 is 2.22 bits per heavy atom. The Bertz CT molecular complexity index is 522. The molecule has 7 heteroatoms. The maximum Gasteiger partial charge on any atom is 0.307 e. The van der Waals surface area contributed by atoms with E-state index in [0.29, 0.717) is 12.8 Å². The minimum atomic E-state index is -3.66. The van der Waals surface area contributed by atoms with Gasteiger partial charge in [0.15, 0.2) is 0 Å². The zero-order chi connectivity index (χ0) is 13.3. The van der Waals surface area contributed by atoms with E-state index in [9.17, 15) is 13.2 Å². The molecule has 1 aromatic rings. The number of sulfonamides is 1. The third-order valence-electron chi connectivity index (χ3n) is 3.28. The third kappa shape index (κ3) is 2.28. The molecule has 1 aromatic heterocycles. The van der Waals surface area contributed by atoms with Crippen molar-refractivity contribution in [2.75, 3.05) is 6.54 Å². The average molecular weight is 273 g/mol. The molecule has 0 bridgehead atoms. The van der Waals surface area contributed by atoms with Crippen LogP contribution < -0.4 is 0 Å². The number of nitrogens with zero attached hydrogens (tertiary/aromatic N) is 1. The number of furan rings is 1. The van der Waals surface area contributed by atoms with Crippen LogP contribution in [0.15, 0.2) is 27.9 Å². The topological polar surface area (TPSA) is 87.8 Å². The molecule has 2 heterocycles. The van der Waals surface area contributed by atoms with Crippen LogP contribution in [0.5, 0.6) is 0 Å². The first kappa shape index (κ1) is 13.1. The largest absolute Gasteiger partial charge is 0.481 e. The SMILES string of the molecule is CC1CCC(C(=O)O)CN1S(=O)(=O)c1ccoc1. The smallest absolute Gasteiger partial charge is 0.307 e. The van der Waals surface area contributed by atoms with E-state index in [1.807, 2.05) is 0 Å².